The molecule has 0 aliphatic carbocycles. The SMILES string of the molecule is CCCC(F)C(=O)OCC. The van der Waals surface area contributed by atoms with E-state index in [1.807, 2.05) is 6.92 Å². The molecule has 0 aliphatic heterocycles. The maximum absolute atomic E-state index is 12.5. The van der Waals surface area contributed by atoms with Crippen molar-refractivity contribution in [1.82, 2.24) is 0 Å². The lowest BCUT2D eigenvalue weighted by Crippen LogP contribution is -2.18. The van der Waals surface area contributed by atoms with E-state index < -0.39 is 12.1 Å². The molecule has 60 valence electrons. The Labute approximate surface area is 60.4 Å². The van der Waals surface area contributed by atoms with Crippen molar-refractivity contribution in [3.8, 4) is 0 Å². The van der Waals surface area contributed by atoms with E-state index in [0.717, 1.165) is 0 Å². The van der Waals surface area contributed by atoms with Crippen molar-refractivity contribution in [1.29, 1.82) is 0 Å². The van der Waals surface area contributed by atoms with Crippen LogP contribution in [0.15, 0.2) is 0 Å². The molecule has 0 spiro atoms. The summed E-state index contributed by atoms with van der Waals surface area (Å²) in [4.78, 5) is 10.5. The average molecular weight is 148 g/mol. The first-order valence-corrected chi connectivity index (χ1v) is 3.53. The average Bonchev–Trinajstić information content (AvgIpc) is 1.89. The summed E-state index contributed by atoms with van der Waals surface area (Å²) in [5, 5.41) is 0. The van der Waals surface area contributed by atoms with Crippen LogP contribution in [0.3, 0.4) is 0 Å². The zero-order chi connectivity index (χ0) is 7.98. The molecule has 0 aliphatic rings. The summed E-state index contributed by atoms with van der Waals surface area (Å²) in [6.45, 7) is 3.74. The van der Waals surface area contributed by atoms with E-state index in [1.165, 1.54) is 0 Å². The van der Waals surface area contributed by atoms with Gasteiger partial charge in [0.25, 0.3) is 0 Å². The minimum absolute atomic E-state index is 0.253. The first-order valence-electron chi connectivity index (χ1n) is 3.53. The Hall–Kier alpha value is -0.600. The molecule has 0 N–H and O–H groups in total. The van der Waals surface area contributed by atoms with Crippen molar-refractivity contribution in [3.63, 3.8) is 0 Å². The second-order valence-electron chi connectivity index (χ2n) is 2.01. The van der Waals surface area contributed by atoms with Crippen LogP contribution in [0.1, 0.15) is 26.7 Å². The predicted molar refractivity (Wildman–Crippen MR) is 36.4 cm³/mol. The monoisotopic (exact) mass is 148 g/mol. The zero-order valence-corrected chi connectivity index (χ0v) is 6.39. The van der Waals surface area contributed by atoms with Crippen molar-refractivity contribution < 1.29 is 13.9 Å². The Balaban J connectivity index is 3.49. The first kappa shape index (κ1) is 9.40. The lowest BCUT2D eigenvalue weighted by atomic mass is 10.2. The standard InChI is InChI=1S/C7H13FO2/c1-3-5-6(8)7(9)10-4-2/h6H,3-5H2,1-2H3. The molecule has 1 unspecified atom stereocenters. The number of carbonyl (C=O) groups is 1. The maximum atomic E-state index is 12.5. The summed E-state index contributed by atoms with van der Waals surface area (Å²) < 4.78 is 17.0. The molecule has 0 radical (unpaired) electrons. The topological polar surface area (TPSA) is 26.3 Å². The fourth-order valence-corrected chi connectivity index (χ4v) is 0.604. The van der Waals surface area contributed by atoms with Gasteiger partial charge in [0.15, 0.2) is 6.17 Å². The van der Waals surface area contributed by atoms with Crippen molar-refractivity contribution in [2.45, 2.75) is 32.9 Å². The molecule has 3 heteroatoms. The third-order valence-corrected chi connectivity index (χ3v) is 1.08. The molecule has 0 saturated heterocycles. The zero-order valence-electron chi connectivity index (χ0n) is 6.39. The fourth-order valence-electron chi connectivity index (χ4n) is 0.604. The number of rotatable bonds is 4. The Morgan fingerprint density at radius 1 is 1.60 bits per heavy atom. The van der Waals surface area contributed by atoms with E-state index in [1.54, 1.807) is 6.92 Å². The second kappa shape index (κ2) is 5.21. The van der Waals surface area contributed by atoms with Crippen LogP contribution in [0.2, 0.25) is 0 Å². The molecular formula is C7H13FO2. The second-order valence-corrected chi connectivity index (χ2v) is 2.01. The van der Waals surface area contributed by atoms with Crippen molar-refractivity contribution in [2.75, 3.05) is 6.61 Å². The van der Waals surface area contributed by atoms with E-state index >= 15 is 0 Å². The lowest BCUT2D eigenvalue weighted by molar-refractivity contribution is -0.149. The largest absolute Gasteiger partial charge is 0.464 e. The van der Waals surface area contributed by atoms with Crippen LogP contribution in [-0.4, -0.2) is 18.7 Å². The van der Waals surface area contributed by atoms with Gasteiger partial charge in [0.2, 0.25) is 0 Å². The molecule has 10 heavy (non-hydrogen) atoms. The summed E-state index contributed by atoms with van der Waals surface area (Å²) >= 11 is 0. The molecule has 0 heterocycles. The predicted octanol–water partition coefficient (Wildman–Crippen LogP) is 1.69. The van der Waals surface area contributed by atoms with E-state index in [9.17, 15) is 9.18 Å². The highest BCUT2D eigenvalue weighted by molar-refractivity contribution is 5.74. The van der Waals surface area contributed by atoms with Gasteiger partial charge in [-0.15, -0.1) is 0 Å². The van der Waals surface area contributed by atoms with Crippen LogP contribution < -0.4 is 0 Å². The molecule has 2 nitrogen and oxygen atoms in total. The summed E-state index contributed by atoms with van der Waals surface area (Å²) in [6.07, 6.45) is -0.497. The number of esters is 1. The third kappa shape index (κ3) is 3.43. The van der Waals surface area contributed by atoms with Crippen molar-refractivity contribution >= 4 is 5.97 Å². The van der Waals surface area contributed by atoms with Gasteiger partial charge in [-0.2, -0.15) is 0 Å². The van der Waals surface area contributed by atoms with Crippen molar-refractivity contribution in [2.24, 2.45) is 0 Å². The van der Waals surface area contributed by atoms with Crippen LogP contribution >= 0.6 is 0 Å². The molecule has 0 amide bonds. The molecule has 0 aromatic carbocycles. The molecule has 0 rings (SSSR count). The van der Waals surface area contributed by atoms with Crippen LogP contribution in [-0.2, 0) is 9.53 Å². The number of hydrogen-bond donors (Lipinski definition) is 0. The quantitative estimate of drug-likeness (QED) is 0.567. The molecule has 0 bridgehead atoms. The summed E-state index contributed by atoms with van der Waals surface area (Å²) in [5.74, 6) is -0.732. The number of ether oxygens (including phenoxy) is 1. The van der Waals surface area contributed by atoms with E-state index in [4.69, 9.17) is 0 Å². The molecule has 0 aromatic rings. The Morgan fingerprint density at radius 3 is 2.60 bits per heavy atom. The smallest absolute Gasteiger partial charge is 0.340 e. The van der Waals surface area contributed by atoms with Gasteiger partial charge in [-0.3, -0.25) is 0 Å². The Kier molecular flexibility index (Phi) is 4.89. The minimum Gasteiger partial charge on any atom is -0.464 e. The van der Waals surface area contributed by atoms with Crippen LogP contribution in [0, 0.1) is 0 Å². The number of carbonyl (C=O) groups excluding carboxylic acids is 1. The van der Waals surface area contributed by atoms with E-state index in [2.05, 4.69) is 4.74 Å². The maximum Gasteiger partial charge on any atom is 0.340 e. The lowest BCUT2D eigenvalue weighted by Gasteiger charge is -2.04. The van der Waals surface area contributed by atoms with Gasteiger partial charge in [0, 0.05) is 0 Å². The summed E-state index contributed by atoms with van der Waals surface area (Å²) in [7, 11) is 0. The third-order valence-electron chi connectivity index (χ3n) is 1.08. The summed E-state index contributed by atoms with van der Waals surface area (Å²) in [5.41, 5.74) is 0. The molecule has 1 atom stereocenters. The van der Waals surface area contributed by atoms with Gasteiger partial charge in [-0.25, -0.2) is 9.18 Å². The van der Waals surface area contributed by atoms with Gasteiger partial charge in [-0.05, 0) is 13.3 Å². The van der Waals surface area contributed by atoms with Crippen LogP contribution in [0.25, 0.3) is 0 Å². The highest BCUT2D eigenvalue weighted by atomic mass is 19.1. The molecule has 0 aromatic heterocycles. The Bertz CT molecular complexity index is 104. The summed E-state index contributed by atoms with van der Waals surface area (Å²) in [6, 6.07) is 0. The van der Waals surface area contributed by atoms with Gasteiger partial charge in [0.1, 0.15) is 0 Å². The minimum atomic E-state index is -1.43. The van der Waals surface area contributed by atoms with E-state index in [-0.39, 0.29) is 13.0 Å². The van der Waals surface area contributed by atoms with Gasteiger partial charge < -0.3 is 4.74 Å². The molecular weight excluding hydrogens is 135 g/mol. The first-order chi connectivity index (χ1) is 4.72. The number of hydrogen-bond acceptors (Lipinski definition) is 2. The van der Waals surface area contributed by atoms with Crippen LogP contribution in [0.4, 0.5) is 4.39 Å². The van der Waals surface area contributed by atoms with Gasteiger partial charge >= 0.3 is 5.97 Å². The fraction of sp³-hybridized carbons (Fsp3) is 0.857. The van der Waals surface area contributed by atoms with Crippen molar-refractivity contribution in [3.05, 3.63) is 0 Å². The Morgan fingerprint density at radius 2 is 2.20 bits per heavy atom. The van der Waals surface area contributed by atoms with Gasteiger partial charge in [0.05, 0.1) is 6.61 Å². The highest BCUT2D eigenvalue weighted by Crippen LogP contribution is 2.02. The molecule has 0 saturated carbocycles. The van der Waals surface area contributed by atoms with E-state index in [0.29, 0.717) is 6.42 Å². The number of alkyl halides is 1. The molecule has 0 fully saturated rings. The van der Waals surface area contributed by atoms with Crippen LogP contribution in [0.5, 0.6) is 0 Å². The van der Waals surface area contributed by atoms with Gasteiger partial charge in [-0.1, -0.05) is 13.3 Å². The highest BCUT2D eigenvalue weighted by Gasteiger charge is 2.16. The number of halogens is 1. The normalized spacial score (nSPS) is 12.7.